The van der Waals surface area contributed by atoms with E-state index >= 15 is 0 Å². The van der Waals surface area contributed by atoms with Crippen LogP contribution in [-0.2, 0) is 23.1 Å². The van der Waals surface area contributed by atoms with Crippen LogP contribution >= 0.6 is 0 Å². The maximum Gasteiger partial charge on any atom is 0.191 e. The van der Waals surface area contributed by atoms with Crippen LogP contribution in [0.4, 0.5) is 0 Å². The number of aromatic hydroxyl groups is 1. The fourth-order valence-corrected chi connectivity index (χ4v) is 7.56. The van der Waals surface area contributed by atoms with Crippen molar-refractivity contribution in [2.75, 3.05) is 13.6 Å². The minimum Gasteiger partial charge on any atom is -0.508 e. The molecule has 1 aromatic rings. The van der Waals surface area contributed by atoms with E-state index in [2.05, 4.69) is 7.05 Å². The van der Waals surface area contributed by atoms with Gasteiger partial charge in [0, 0.05) is 36.5 Å². The molecule has 1 heterocycles. The third-order valence-electron chi connectivity index (χ3n) is 8.95. The number of piperidine rings is 1. The molecule has 1 unspecified atom stereocenters. The summed E-state index contributed by atoms with van der Waals surface area (Å²) in [6, 6.07) is 3.65. The number of likely N-dealkylation sites (tertiary alicyclic amines) is 1. The number of benzene rings is 1. The molecule has 4 aliphatic carbocycles. The molecule has 3 N–H and O–H groups in total. The number of phenols is 1. The van der Waals surface area contributed by atoms with Gasteiger partial charge in [-0.1, -0.05) is 6.07 Å². The summed E-state index contributed by atoms with van der Waals surface area (Å²) in [4.78, 5) is 12.9. The van der Waals surface area contributed by atoms with Crippen molar-refractivity contribution >= 4 is 5.78 Å². The number of carbonyl (C=O) groups excluding carboxylic acids is 1. The average Bonchev–Trinajstić information content (AvgIpc) is 3.35. The topological polar surface area (TPSA) is 77.8 Å². The highest BCUT2D eigenvalue weighted by molar-refractivity contribution is 5.87. The zero-order chi connectivity index (χ0) is 18.8. The van der Waals surface area contributed by atoms with Crippen LogP contribution < -0.4 is 0 Å². The van der Waals surface area contributed by atoms with Gasteiger partial charge < -0.3 is 15.3 Å². The van der Waals surface area contributed by atoms with Gasteiger partial charge in [-0.3, -0.25) is 9.28 Å². The largest absolute Gasteiger partial charge is 0.508 e. The molecule has 6 atom stereocenters. The van der Waals surface area contributed by atoms with Gasteiger partial charge in [0.25, 0.3) is 0 Å². The number of hydrogen-bond acceptors (Lipinski definition) is 4. The molecular formula is C22H28NO4+. The van der Waals surface area contributed by atoms with Gasteiger partial charge in [-0.25, -0.2) is 0 Å². The Morgan fingerprint density at radius 1 is 1.26 bits per heavy atom. The quantitative estimate of drug-likeness (QED) is 0.688. The Bertz CT molecular complexity index is 879. The lowest BCUT2D eigenvalue weighted by atomic mass is 9.47. The second-order valence-electron chi connectivity index (χ2n) is 10.1. The van der Waals surface area contributed by atoms with Gasteiger partial charge in [0.2, 0.25) is 0 Å². The van der Waals surface area contributed by atoms with Crippen LogP contribution in [0.15, 0.2) is 12.1 Å². The lowest BCUT2D eigenvalue weighted by Gasteiger charge is -2.66. The van der Waals surface area contributed by atoms with Crippen LogP contribution in [0.1, 0.15) is 48.8 Å². The second-order valence-corrected chi connectivity index (χ2v) is 10.1. The Labute approximate surface area is 159 Å². The molecule has 144 valence electrons. The first-order chi connectivity index (χ1) is 12.8. The molecule has 5 heteroatoms. The van der Waals surface area contributed by atoms with Gasteiger partial charge in [-0.2, -0.15) is 0 Å². The van der Waals surface area contributed by atoms with Crippen molar-refractivity contribution in [3.05, 3.63) is 28.8 Å². The monoisotopic (exact) mass is 370 g/mol. The molecule has 5 nitrogen and oxygen atoms in total. The van der Waals surface area contributed by atoms with Crippen molar-refractivity contribution in [1.82, 2.24) is 0 Å². The molecule has 0 amide bonds. The minimum atomic E-state index is -0.986. The predicted molar refractivity (Wildman–Crippen MR) is 98.1 cm³/mol. The number of nitrogens with zero attached hydrogens (tertiary/aromatic N) is 1. The van der Waals surface area contributed by atoms with Gasteiger partial charge in [-0.15, -0.1) is 0 Å². The van der Waals surface area contributed by atoms with Crippen molar-refractivity contribution in [3.8, 4) is 5.75 Å². The molecule has 0 radical (unpaired) electrons. The summed E-state index contributed by atoms with van der Waals surface area (Å²) in [6.45, 7) is 0.906. The standard InChI is InChI=1S/C22H27NO4/c1-23(11-12-2-3-12)18-8-13-4-5-16(24)14-9-15-17(25)6-7-22(18,27)21(15,20(13)14)10-19(23)26/h4-5,12,15,18-19,26-27H,2-3,6-11H2,1H3/p+1/t15-,18+,19?,21+,22+,23+/m0/s1. The van der Waals surface area contributed by atoms with Crippen LogP contribution in [0.25, 0.3) is 0 Å². The maximum atomic E-state index is 12.9. The second kappa shape index (κ2) is 4.76. The molecule has 5 aliphatic rings. The molecule has 1 aromatic carbocycles. The average molecular weight is 370 g/mol. The summed E-state index contributed by atoms with van der Waals surface area (Å²) < 4.78 is 0.499. The smallest absolute Gasteiger partial charge is 0.191 e. The fourth-order valence-electron chi connectivity index (χ4n) is 7.56. The number of Topliss-reactive ketones (excluding diaryl/α,β-unsaturated/α-hetero) is 1. The summed E-state index contributed by atoms with van der Waals surface area (Å²) in [5.74, 6) is 0.753. The van der Waals surface area contributed by atoms with E-state index in [1.807, 2.05) is 6.07 Å². The fraction of sp³-hybridized carbons (Fsp3) is 0.682. The first-order valence-corrected chi connectivity index (χ1v) is 10.4. The molecule has 2 saturated carbocycles. The summed E-state index contributed by atoms with van der Waals surface area (Å²) in [5, 5.41) is 34.1. The van der Waals surface area contributed by atoms with Crippen LogP contribution in [0.3, 0.4) is 0 Å². The summed E-state index contributed by atoms with van der Waals surface area (Å²) in [6.07, 6.45) is 4.37. The lowest BCUT2D eigenvalue weighted by Crippen LogP contribution is -2.82. The SMILES string of the molecule is C[N@+]1(CC2CC2)C(O)C[C@]23c4c5ccc(O)c4C[C@H]2C(=O)CC[C@@]3(O)[C@H]1C5. The van der Waals surface area contributed by atoms with Crippen molar-refractivity contribution in [1.29, 1.82) is 0 Å². The van der Waals surface area contributed by atoms with E-state index in [-0.39, 0.29) is 23.5 Å². The normalized spacial score (nSPS) is 47.1. The Kier molecular flexibility index (Phi) is 2.91. The molecule has 3 fully saturated rings. The molecule has 1 aliphatic heterocycles. The van der Waals surface area contributed by atoms with E-state index in [1.54, 1.807) is 6.07 Å². The Morgan fingerprint density at radius 3 is 2.78 bits per heavy atom. The van der Waals surface area contributed by atoms with E-state index in [9.17, 15) is 20.1 Å². The molecule has 6 rings (SSSR count). The number of aliphatic hydroxyl groups is 2. The van der Waals surface area contributed by atoms with Gasteiger partial charge in [-0.05, 0) is 48.4 Å². The van der Waals surface area contributed by atoms with Crippen LogP contribution in [0.2, 0.25) is 0 Å². The number of hydrogen-bond donors (Lipinski definition) is 3. The van der Waals surface area contributed by atoms with E-state index in [4.69, 9.17) is 0 Å². The number of aliphatic hydroxyl groups excluding tert-OH is 1. The third kappa shape index (κ3) is 1.71. The number of ketones is 1. The number of carbonyl (C=O) groups is 1. The van der Waals surface area contributed by atoms with Gasteiger partial charge in [0.1, 0.15) is 23.2 Å². The minimum absolute atomic E-state index is 0.0968. The molecule has 1 saturated heterocycles. The van der Waals surface area contributed by atoms with E-state index < -0.39 is 17.2 Å². The van der Waals surface area contributed by atoms with Gasteiger partial charge in [0.05, 0.1) is 13.6 Å². The zero-order valence-electron chi connectivity index (χ0n) is 15.8. The van der Waals surface area contributed by atoms with Crippen LogP contribution in [0.5, 0.6) is 5.75 Å². The van der Waals surface area contributed by atoms with E-state index in [1.165, 1.54) is 18.4 Å². The van der Waals surface area contributed by atoms with Crippen LogP contribution in [-0.4, -0.2) is 57.0 Å². The molecule has 0 aromatic heterocycles. The number of quaternary nitrogens is 1. The summed E-state index contributed by atoms with van der Waals surface area (Å²) in [5.41, 5.74) is 1.29. The highest BCUT2D eigenvalue weighted by Gasteiger charge is 2.76. The first-order valence-electron chi connectivity index (χ1n) is 10.4. The van der Waals surface area contributed by atoms with Crippen LogP contribution in [0, 0.1) is 11.8 Å². The molecular weight excluding hydrogens is 342 g/mol. The maximum absolute atomic E-state index is 12.9. The summed E-state index contributed by atoms with van der Waals surface area (Å²) >= 11 is 0. The third-order valence-corrected chi connectivity index (χ3v) is 8.95. The van der Waals surface area contributed by atoms with E-state index in [0.29, 0.717) is 42.5 Å². The van der Waals surface area contributed by atoms with Crippen molar-refractivity contribution in [2.24, 2.45) is 11.8 Å². The first kappa shape index (κ1) is 16.5. The Hall–Kier alpha value is -1.43. The lowest BCUT2D eigenvalue weighted by molar-refractivity contribution is -0.992. The Balaban J connectivity index is 1.63. The molecule has 2 bridgehead atoms. The number of likely N-dealkylation sites (N-methyl/N-ethyl adjacent to an activating group) is 1. The zero-order valence-corrected chi connectivity index (χ0v) is 15.8. The van der Waals surface area contributed by atoms with E-state index in [0.717, 1.165) is 17.7 Å². The van der Waals surface area contributed by atoms with Crippen molar-refractivity contribution < 1.29 is 24.6 Å². The van der Waals surface area contributed by atoms with Gasteiger partial charge in [0.15, 0.2) is 6.23 Å². The summed E-state index contributed by atoms with van der Waals surface area (Å²) in [7, 11) is 2.12. The molecule has 1 spiro atoms. The van der Waals surface area contributed by atoms with Crippen molar-refractivity contribution in [3.63, 3.8) is 0 Å². The Morgan fingerprint density at radius 2 is 2.04 bits per heavy atom. The van der Waals surface area contributed by atoms with Crippen molar-refractivity contribution in [2.45, 2.75) is 68.2 Å². The number of phenolic OH excluding ortho intramolecular Hbond substituents is 1. The predicted octanol–water partition coefficient (Wildman–Crippen LogP) is 1.40. The highest BCUT2D eigenvalue weighted by atomic mass is 16.3. The number of rotatable bonds is 2. The molecule has 27 heavy (non-hydrogen) atoms. The van der Waals surface area contributed by atoms with Gasteiger partial charge >= 0.3 is 0 Å². The highest BCUT2D eigenvalue weighted by Crippen LogP contribution is 2.67.